The van der Waals surface area contributed by atoms with E-state index in [1.807, 2.05) is 124 Å². The molecular formula is C27H23IrN8-3. The molecule has 6 aromatic rings. The van der Waals surface area contributed by atoms with Gasteiger partial charge in [0, 0.05) is 51.1 Å². The van der Waals surface area contributed by atoms with Crippen LogP contribution in [0.4, 0.5) is 0 Å². The van der Waals surface area contributed by atoms with Crippen LogP contribution in [-0.2, 0) is 34.2 Å². The van der Waals surface area contributed by atoms with Crippen LogP contribution in [0, 0.1) is 24.8 Å². The molecule has 0 bridgehead atoms. The molecule has 4 aromatic heterocycles. The normalized spacial score (nSPS) is 9.72. The third-order valence-electron chi connectivity index (χ3n) is 4.63. The summed E-state index contributed by atoms with van der Waals surface area (Å²) >= 11 is 0. The van der Waals surface area contributed by atoms with Crippen LogP contribution in [-0.4, -0.2) is 24.4 Å². The maximum absolute atomic E-state index is 4.08. The first kappa shape index (κ1) is 26.4. The molecule has 0 atom stereocenters. The van der Waals surface area contributed by atoms with Gasteiger partial charge in [-0.1, -0.05) is 23.6 Å². The second kappa shape index (κ2) is 13.6. The Labute approximate surface area is 223 Å². The van der Waals surface area contributed by atoms with Gasteiger partial charge in [0.25, 0.3) is 0 Å². The fraction of sp³-hybridized carbons (Fsp3) is 0.0741. The quantitative estimate of drug-likeness (QED) is 0.218. The molecule has 8 nitrogen and oxygen atoms in total. The predicted molar refractivity (Wildman–Crippen MR) is 128 cm³/mol. The Morgan fingerprint density at radius 2 is 1.36 bits per heavy atom. The molecule has 0 saturated carbocycles. The molecule has 0 amide bonds. The van der Waals surface area contributed by atoms with E-state index < -0.39 is 0 Å². The van der Waals surface area contributed by atoms with Gasteiger partial charge in [-0.25, -0.2) is 0 Å². The van der Waals surface area contributed by atoms with Crippen LogP contribution in [0.25, 0.3) is 22.8 Å². The van der Waals surface area contributed by atoms with E-state index >= 15 is 0 Å². The van der Waals surface area contributed by atoms with Gasteiger partial charge in [0.05, 0.1) is 19.8 Å². The Bertz CT molecular complexity index is 1320. The fourth-order valence-corrected chi connectivity index (χ4v) is 2.95. The minimum Gasteiger partial charge on any atom is -0.358 e. The molecule has 9 heteroatoms. The van der Waals surface area contributed by atoms with Crippen molar-refractivity contribution in [1.82, 2.24) is 29.5 Å². The molecule has 0 fully saturated rings. The first-order chi connectivity index (χ1) is 17.2. The Kier molecular flexibility index (Phi) is 10.00. The topological polar surface area (TPSA) is 70.4 Å². The number of nitrogens with zero attached hydrogens (tertiary/aromatic N) is 8. The second-order valence-electron chi connectivity index (χ2n) is 7.29. The molecule has 2 aromatic carbocycles. The Morgan fingerprint density at radius 1 is 0.778 bits per heavy atom. The summed E-state index contributed by atoms with van der Waals surface area (Å²) in [6.45, 7) is 0. The third kappa shape index (κ3) is 7.66. The summed E-state index contributed by atoms with van der Waals surface area (Å²) < 4.78 is 7.56. The van der Waals surface area contributed by atoms with Crippen LogP contribution >= 0.6 is 0 Å². The molecule has 0 aliphatic carbocycles. The van der Waals surface area contributed by atoms with Gasteiger partial charge in [-0.05, 0) is 17.8 Å². The largest absolute Gasteiger partial charge is 0.358 e. The van der Waals surface area contributed by atoms with E-state index in [0.717, 1.165) is 17.1 Å². The summed E-state index contributed by atoms with van der Waals surface area (Å²) in [6, 6.07) is 27.5. The third-order valence-corrected chi connectivity index (χ3v) is 4.63. The number of aromatic nitrogens is 8. The van der Waals surface area contributed by atoms with Gasteiger partial charge >= 0.3 is 0 Å². The summed E-state index contributed by atoms with van der Waals surface area (Å²) in [7, 11) is 3.89. The maximum atomic E-state index is 4.08. The molecule has 6 rings (SSSR count). The number of pyridine rings is 1. The van der Waals surface area contributed by atoms with Crippen molar-refractivity contribution in [2.75, 3.05) is 0 Å². The van der Waals surface area contributed by atoms with Gasteiger partial charge in [-0.15, -0.1) is 0 Å². The summed E-state index contributed by atoms with van der Waals surface area (Å²) in [5.41, 5.74) is 3.54. The minimum absolute atomic E-state index is 0. The molecule has 0 aliphatic heterocycles. The van der Waals surface area contributed by atoms with Crippen molar-refractivity contribution in [3.63, 3.8) is 0 Å². The number of aryl methyl sites for hydroxylation is 2. The van der Waals surface area contributed by atoms with E-state index in [1.54, 1.807) is 12.4 Å². The molecule has 0 spiro atoms. The minimum atomic E-state index is 0. The monoisotopic (exact) mass is 652 g/mol. The molecule has 0 unspecified atom stereocenters. The van der Waals surface area contributed by atoms with Crippen LogP contribution in [0.5, 0.6) is 0 Å². The van der Waals surface area contributed by atoms with Crippen LogP contribution in [0.1, 0.15) is 0 Å². The molecule has 0 N–H and O–H groups in total. The number of hydrogen-bond acceptors (Lipinski definition) is 3. The smallest absolute Gasteiger partial charge is 0.241 e. The molecule has 0 aliphatic rings. The van der Waals surface area contributed by atoms with Gasteiger partial charge in [0.2, 0.25) is 12.7 Å². The zero-order valence-electron chi connectivity index (χ0n) is 19.7. The van der Waals surface area contributed by atoms with Gasteiger partial charge in [-0.3, -0.25) is 10.2 Å². The van der Waals surface area contributed by atoms with Crippen LogP contribution in [0.2, 0.25) is 0 Å². The fourth-order valence-electron chi connectivity index (χ4n) is 2.95. The standard InChI is InChI=1S/2C10H9N2.C7H5N4.Ir/c2*1-11-7-8-12(9-11)10-5-3-2-4-6-10;1-2-4-8-6(3-1)7-5-9-11-10-7;/h2*2-5,7-8H,1H3;1-5H;/q3*-1;. The Hall–Kier alpha value is -4.20. The zero-order valence-corrected chi connectivity index (χ0v) is 22.1. The average molecular weight is 652 g/mol. The molecule has 1 radical (unpaired) electrons. The Balaban J connectivity index is 0.000000149. The summed E-state index contributed by atoms with van der Waals surface area (Å²) in [5.74, 6) is 0. The maximum Gasteiger partial charge on any atom is 0.241 e. The summed E-state index contributed by atoms with van der Waals surface area (Å²) in [5, 5.41) is 10.8. The first-order valence-electron chi connectivity index (χ1n) is 10.8. The molecular weight excluding hydrogens is 629 g/mol. The van der Waals surface area contributed by atoms with E-state index in [4.69, 9.17) is 0 Å². The van der Waals surface area contributed by atoms with Gasteiger partial charge in [0.15, 0.2) is 0 Å². The average Bonchev–Trinajstić information content (AvgIpc) is 3.69. The Morgan fingerprint density at radius 3 is 1.75 bits per heavy atom. The predicted octanol–water partition coefficient (Wildman–Crippen LogP) is 2.30. The second-order valence-corrected chi connectivity index (χ2v) is 7.29. The van der Waals surface area contributed by atoms with Gasteiger partial charge in [-0.2, -0.15) is 60.7 Å². The summed E-state index contributed by atoms with van der Waals surface area (Å²) in [6.07, 6.45) is 17.3. The van der Waals surface area contributed by atoms with Crippen molar-refractivity contribution in [2.24, 2.45) is 14.1 Å². The number of hydrogen-bond donors (Lipinski definition) is 0. The molecule has 36 heavy (non-hydrogen) atoms. The van der Waals surface area contributed by atoms with Crippen molar-refractivity contribution in [2.45, 2.75) is 0 Å². The molecule has 4 heterocycles. The van der Waals surface area contributed by atoms with Crippen molar-refractivity contribution < 1.29 is 29.2 Å². The SMILES string of the molecule is C[n+]1[c-]n(-c2[c-]cccc2)cc1.C[n+]1[c-]n(-c2[c-]cccc2)cc1.[Ir].c1ccc(-c2cnn[n-]2)nc1. The van der Waals surface area contributed by atoms with E-state index in [0.29, 0.717) is 5.69 Å². The van der Waals surface area contributed by atoms with E-state index in [2.05, 4.69) is 45.2 Å². The molecule has 183 valence electrons. The number of rotatable bonds is 3. The number of benzene rings is 2. The number of imidazole rings is 2. The molecule has 0 saturated heterocycles. The van der Waals surface area contributed by atoms with Gasteiger partial charge < -0.3 is 28.5 Å². The van der Waals surface area contributed by atoms with E-state index in [-0.39, 0.29) is 20.1 Å². The van der Waals surface area contributed by atoms with Crippen molar-refractivity contribution >= 4 is 0 Å². The van der Waals surface area contributed by atoms with Crippen LogP contribution in [0.3, 0.4) is 0 Å². The number of para-hydroxylation sites is 2. The van der Waals surface area contributed by atoms with Crippen molar-refractivity contribution in [3.8, 4) is 22.8 Å². The van der Waals surface area contributed by atoms with Crippen molar-refractivity contribution in [1.29, 1.82) is 0 Å². The van der Waals surface area contributed by atoms with Gasteiger partial charge in [0.1, 0.15) is 0 Å². The summed E-state index contributed by atoms with van der Waals surface area (Å²) in [4.78, 5) is 4.08. The first-order valence-corrected chi connectivity index (χ1v) is 10.8. The van der Waals surface area contributed by atoms with Crippen LogP contribution in [0.15, 0.2) is 104 Å². The van der Waals surface area contributed by atoms with Crippen LogP contribution < -0.4 is 14.2 Å². The van der Waals surface area contributed by atoms with Crippen molar-refractivity contribution in [3.05, 3.63) is 129 Å². The zero-order chi connectivity index (χ0) is 24.3. The van der Waals surface area contributed by atoms with E-state index in [9.17, 15) is 0 Å². The van der Waals surface area contributed by atoms with E-state index in [1.165, 1.54) is 0 Å².